The largest absolute Gasteiger partial charge is 0.308 e. The van der Waals surface area contributed by atoms with Crippen LogP contribution >= 0.6 is 23.2 Å². The highest BCUT2D eigenvalue weighted by Gasteiger charge is 2.16. The van der Waals surface area contributed by atoms with E-state index < -0.39 is 0 Å². The molecule has 2 aromatic heterocycles. The molecule has 0 N–H and O–H groups in total. The smallest absolute Gasteiger partial charge is 0.251 e. The molecule has 1 aliphatic carbocycles. The molecule has 0 aromatic carbocycles. The lowest BCUT2D eigenvalue weighted by Gasteiger charge is -2.12. The molecule has 0 spiro atoms. The first-order valence-corrected chi connectivity index (χ1v) is 6.92. The SMILES string of the molecule is O=c1ccc2c(n1Cc1cnc(Cl)cc1Cl)CCC2. The molecular weight excluding hydrogens is 283 g/mol. The number of halogens is 2. The zero-order valence-electron chi connectivity index (χ0n) is 10.2. The Labute approximate surface area is 120 Å². The molecule has 3 rings (SSSR count). The van der Waals surface area contributed by atoms with Crippen molar-refractivity contribution in [2.45, 2.75) is 25.8 Å². The molecule has 0 bridgehead atoms. The number of aromatic nitrogens is 2. The van der Waals surface area contributed by atoms with Crippen molar-refractivity contribution < 1.29 is 0 Å². The van der Waals surface area contributed by atoms with Gasteiger partial charge in [-0.1, -0.05) is 29.3 Å². The predicted octanol–water partition coefficient (Wildman–Crippen LogP) is 3.09. The van der Waals surface area contributed by atoms with Gasteiger partial charge in [-0.25, -0.2) is 4.98 Å². The van der Waals surface area contributed by atoms with Gasteiger partial charge in [-0.05, 0) is 30.9 Å². The molecule has 2 aromatic rings. The van der Waals surface area contributed by atoms with E-state index in [1.165, 1.54) is 5.56 Å². The quantitative estimate of drug-likeness (QED) is 0.798. The maximum atomic E-state index is 12.0. The topological polar surface area (TPSA) is 34.9 Å². The number of pyridine rings is 2. The minimum atomic E-state index is 0.00617. The average Bonchev–Trinajstić information content (AvgIpc) is 2.84. The molecule has 0 radical (unpaired) electrons. The van der Waals surface area contributed by atoms with Crippen molar-refractivity contribution in [3.63, 3.8) is 0 Å². The standard InChI is InChI=1S/C14H12Cl2N2O/c15-11-6-13(16)17-7-10(11)8-18-12-3-1-2-9(12)4-5-14(18)19/h4-7H,1-3,8H2. The van der Waals surface area contributed by atoms with Crippen molar-refractivity contribution in [2.24, 2.45) is 0 Å². The van der Waals surface area contributed by atoms with E-state index in [-0.39, 0.29) is 5.56 Å². The maximum absolute atomic E-state index is 12.0. The van der Waals surface area contributed by atoms with Gasteiger partial charge in [-0.15, -0.1) is 0 Å². The maximum Gasteiger partial charge on any atom is 0.251 e. The zero-order valence-corrected chi connectivity index (χ0v) is 11.7. The summed E-state index contributed by atoms with van der Waals surface area (Å²) in [4.78, 5) is 16.1. The number of rotatable bonds is 2. The lowest BCUT2D eigenvalue weighted by Crippen LogP contribution is -2.23. The van der Waals surface area contributed by atoms with Crippen LogP contribution in [0.25, 0.3) is 0 Å². The summed E-state index contributed by atoms with van der Waals surface area (Å²) in [7, 11) is 0. The van der Waals surface area contributed by atoms with Crippen LogP contribution in [-0.2, 0) is 19.4 Å². The molecule has 2 heterocycles. The predicted molar refractivity (Wildman–Crippen MR) is 76.1 cm³/mol. The number of hydrogen-bond donors (Lipinski definition) is 0. The van der Waals surface area contributed by atoms with E-state index in [0.717, 1.165) is 30.5 Å². The molecular formula is C14H12Cl2N2O. The normalized spacial score (nSPS) is 13.6. The van der Waals surface area contributed by atoms with E-state index >= 15 is 0 Å². The first-order chi connectivity index (χ1) is 9.15. The summed E-state index contributed by atoms with van der Waals surface area (Å²) in [5.74, 6) is 0. The minimum Gasteiger partial charge on any atom is -0.308 e. The van der Waals surface area contributed by atoms with Crippen LogP contribution in [0, 0.1) is 0 Å². The fraction of sp³-hybridized carbons (Fsp3) is 0.286. The Bertz CT molecular complexity index is 694. The summed E-state index contributed by atoms with van der Waals surface area (Å²) in [5.41, 5.74) is 3.20. The molecule has 98 valence electrons. The van der Waals surface area contributed by atoms with Crippen molar-refractivity contribution in [3.8, 4) is 0 Å². The van der Waals surface area contributed by atoms with Crippen LogP contribution in [0.1, 0.15) is 23.2 Å². The summed E-state index contributed by atoms with van der Waals surface area (Å²) in [5, 5.41) is 0.905. The van der Waals surface area contributed by atoms with Crippen molar-refractivity contribution in [1.29, 1.82) is 0 Å². The second kappa shape index (κ2) is 4.99. The van der Waals surface area contributed by atoms with Crippen LogP contribution < -0.4 is 5.56 Å². The van der Waals surface area contributed by atoms with Gasteiger partial charge < -0.3 is 4.57 Å². The third-order valence-electron chi connectivity index (χ3n) is 3.47. The summed E-state index contributed by atoms with van der Waals surface area (Å²) in [6, 6.07) is 5.16. The lowest BCUT2D eigenvalue weighted by atomic mass is 10.2. The highest BCUT2D eigenvalue weighted by molar-refractivity contribution is 6.34. The molecule has 5 heteroatoms. The first-order valence-electron chi connectivity index (χ1n) is 6.16. The van der Waals surface area contributed by atoms with E-state index in [1.807, 2.05) is 6.07 Å². The minimum absolute atomic E-state index is 0.00617. The van der Waals surface area contributed by atoms with Gasteiger partial charge in [0.1, 0.15) is 5.15 Å². The third-order valence-corrected chi connectivity index (χ3v) is 4.03. The van der Waals surface area contributed by atoms with E-state index in [4.69, 9.17) is 23.2 Å². The molecule has 0 aliphatic heterocycles. The van der Waals surface area contributed by atoms with Gasteiger partial charge in [0.15, 0.2) is 0 Å². The molecule has 1 aliphatic rings. The second-order valence-corrected chi connectivity index (χ2v) is 5.48. The summed E-state index contributed by atoms with van der Waals surface area (Å²) in [6.07, 6.45) is 4.73. The van der Waals surface area contributed by atoms with Crippen LogP contribution in [0.3, 0.4) is 0 Å². The lowest BCUT2D eigenvalue weighted by molar-refractivity contribution is 0.705. The highest BCUT2D eigenvalue weighted by atomic mass is 35.5. The third kappa shape index (κ3) is 2.40. The monoisotopic (exact) mass is 294 g/mol. The number of fused-ring (bicyclic) bond motifs is 1. The Hall–Kier alpha value is -1.32. The Kier molecular flexibility index (Phi) is 3.33. The highest BCUT2D eigenvalue weighted by Crippen LogP contribution is 2.23. The molecule has 0 unspecified atom stereocenters. The van der Waals surface area contributed by atoms with E-state index in [1.54, 1.807) is 22.9 Å². The molecule has 0 saturated heterocycles. The fourth-order valence-electron chi connectivity index (χ4n) is 2.53. The van der Waals surface area contributed by atoms with Crippen molar-refractivity contribution in [2.75, 3.05) is 0 Å². The fourth-order valence-corrected chi connectivity index (χ4v) is 2.96. The molecule has 0 saturated carbocycles. The summed E-state index contributed by atoms with van der Waals surface area (Å²) < 4.78 is 1.79. The van der Waals surface area contributed by atoms with E-state index in [2.05, 4.69) is 4.98 Å². The molecule has 19 heavy (non-hydrogen) atoms. The average molecular weight is 295 g/mol. The number of nitrogens with zero attached hydrogens (tertiary/aromatic N) is 2. The van der Waals surface area contributed by atoms with Crippen LogP contribution in [0.5, 0.6) is 0 Å². The van der Waals surface area contributed by atoms with Crippen LogP contribution in [0.4, 0.5) is 0 Å². The van der Waals surface area contributed by atoms with Gasteiger partial charge in [0.05, 0.1) is 11.6 Å². The Morgan fingerprint density at radius 1 is 1.26 bits per heavy atom. The zero-order chi connectivity index (χ0) is 13.4. The van der Waals surface area contributed by atoms with Gasteiger partial charge in [0.25, 0.3) is 5.56 Å². The van der Waals surface area contributed by atoms with Gasteiger partial charge in [-0.3, -0.25) is 4.79 Å². The first kappa shape index (κ1) is 12.7. The molecule has 0 amide bonds. The molecule has 3 nitrogen and oxygen atoms in total. The summed E-state index contributed by atoms with van der Waals surface area (Å²) >= 11 is 11.9. The van der Waals surface area contributed by atoms with E-state index in [0.29, 0.717) is 16.7 Å². The van der Waals surface area contributed by atoms with Crippen molar-refractivity contribution in [1.82, 2.24) is 9.55 Å². The number of hydrogen-bond acceptors (Lipinski definition) is 2. The molecule has 0 atom stereocenters. The Morgan fingerprint density at radius 3 is 2.89 bits per heavy atom. The van der Waals surface area contributed by atoms with Crippen molar-refractivity contribution >= 4 is 23.2 Å². The second-order valence-electron chi connectivity index (χ2n) is 4.68. The van der Waals surface area contributed by atoms with Crippen LogP contribution in [-0.4, -0.2) is 9.55 Å². The number of aryl methyl sites for hydroxylation is 1. The Balaban J connectivity index is 2.04. The van der Waals surface area contributed by atoms with Gasteiger partial charge in [-0.2, -0.15) is 0 Å². The van der Waals surface area contributed by atoms with Gasteiger partial charge in [0.2, 0.25) is 0 Å². The van der Waals surface area contributed by atoms with Gasteiger partial charge >= 0.3 is 0 Å². The Morgan fingerprint density at radius 2 is 2.11 bits per heavy atom. The van der Waals surface area contributed by atoms with E-state index in [9.17, 15) is 4.79 Å². The van der Waals surface area contributed by atoms with Crippen LogP contribution in [0.2, 0.25) is 10.2 Å². The van der Waals surface area contributed by atoms with Crippen molar-refractivity contribution in [3.05, 3.63) is 61.7 Å². The summed E-state index contributed by atoms with van der Waals surface area (Å²) in [6.45, 7) is 0.449. The van der Waals surface area contributed by atoms with Gasteiger partial charge in [0, 0.05) is 23.5 Å². The molecule has 0 fully saturated rings. The van der Waals surface area contributed by atoms with Crippen LogP contribution in [0.15, 0.2) is 29.2 Å².